The van der Waals surface area contributed by atoms with Crippen molar-refractivity contribution in [1.82, 2.24) is 20.9 Å². The molecule has 37 heavy (non-hydrogen) atoms. The molecule has 0 spiro atoms. The van der Waals surface area contributed by atoms with Crippen LogP contribution in [0, 0.1) is 40.4 Å². The number of amides is 4. The third-order valence-corrected chi connectivity index (χ3v) is 8.77. The number of nitrogens with zero attached hydrogens (tertiary/aromatic N) is 2. The van der Waals surface area contributed by atoms with Gasteiger partial charge in [-0.1, -0.05) is 40.0 Å². The average molecular weight is 514 g/mol. The Kier molecular flexibility index (Phi) is 8.45. The zero-order chi connectivity index (χ0) is 26.7. The molecule has 4 aliphatic rings. The van der Waals surface area contributed by atoms with E-state index < -0.39 is 18.1 Å². The predicted molar refractivity (Wildman–Crippen MR) is 138 cm³/mol. The number of nitrogens with one attached hydrogen (secondary N) is 3. The number of carbonyl (C=O) groups excluding carboxylic acids is 4. The molecule has 9 nitrogen and oxygen atoms in total. The molecule has 1 saturated carbocycles. The van der Waals surface area contributed by atoms with Gasteiger partial charge < -0.3 is 20.9 Å². The second-order valence-corrected chi connectivity index (χ2v) is 12.8. The van der Waals surface area contributed by atoms with Crippen molar-refractivity contribution in [3.8, 4) is 6.07 Å². The number of piperidine rings is 1. The van der Waals surface area contributed by atoms with E-state index in [9.17, 15) is 24.4 Å². The van der Waals surface area contributed by atoms with Crippen LogP contribution in [0.3, 0.4) is 0 Å². The standard InChI is InChI=1S/C28H43N5O4/c1-28(2,3)14-23(34)32-22-10-5-4-7-17-11-12-30-25(35)21(17)13-19(15-29)31-26(36)24-20-9-6-8-18(20)16-33(24)27(22)37/h17-22,24H,4-14,16H2,1-3H3,(H,30,35)(H,31,36)(H,32,34)/t17-,18-,19-,20-,21-,22-,24-/m0/s1. The van der Waals surface area contributed by atoms with E-state index in [2.05, 4.69) is 22.0 Å². The van der Waals surface area contributed by atoms with Crippen LogP contribution in [0.1, 0.15) is 85.0 Å². The molecule has 3 N–H and O–H groups in total. The minimum Gasteiger partial charge on any atom is -0.356 e. The highest BCUT2D eigenvalue weighted by Crippen LogP contribution is 2.43. The Morgan fingerprint density at radius 2 is 1.76 bits per heavy atom. The van der Waals surface area contributed by atoms with E-state index in [-0.39, 0.29) is 52.7 Å². The average Bonchev–Trinajstić information content (AvgIpc) is 3.41. The SMILES string of the molecule is CC(C)(C)CC(=O)N[C@H]1CCCC[C@H]2CCNC(=O)[C@H]2C[C@@H](C#N)NC(=O)[C@@H]2[C@H]3CCC[C@H]3CN2C1=O. The molecule has 204 valence electrons. The monoisotopic (exact) mass is 513 g/mol. The van der Waals surface area contributed by atoms with Crippen molar-refractivity contribution in [1.29, 1.82) is 5.26 Å². The minimum atomic E-state index is -0.786. The van der Waals surface area contributed by atoms with Gasteiger partial charge in [0.1, 0.15) is 18.1 Å². The zero-order valence-electron chi connectivity index (χ0n) is 22.6. The van der Waals surface area contributed by atoms with E-state index in [1.165, 1.54) is 0 Å². The van der Waals surface area contributed by atoms with Crippen LogP contribution >= 0.6 is 0 Å². The molecule has 3 heterocycles. The van der Waals surface area contributed by atoms with Crippen molar-refractivity contribution >= 4 is 23.6 Å². The topological polar surface area (TPSA) is 131 Å². The van der Waals surface area contributed by atoms with Gasteiger partial charge >= 0.3 is 0 Å². The summed E-state index contributed by atoms with van der Waals surface area (Å²) in [6, 6.07) is 0.0986. The molecule has 9 heteroatoms. The van der Waals surface area contributed by atoms with Gasteiger partial charge in [0, 0.05) is 25.4 Å². The number of fused-ring (bicyclic) bond motifs is 4. The Hall–Kier alpha value is -2.63. The van der Waals surface area contributed by atoms with Crippen LogP contribution in [0.2, 0.25) is 0 Å². The minimum absolute atomic E-state index is 0.0429. The molecule has 0 radical (unpaired) electrons. The first-order chi connectivity index (χ1) is 17.6. The summed E-state index contributed by atoms with van der Waals surface area (Å²) in [6.07, 6.45) is 7.24. The molecule has 4 rings (SSSR count). The van der Waals surface area contributed by atoms with Gasteiger partial charge in [-0.3, -0.25) is 19.2 Å². The van der Waals surface area contributed by atoms with Crippen LogP contribution in [-0.2, 0) is 19.2 Å². The molecular formula is C28H43N5O4. The molecule has 0 unspecified atom stereocenters. The lowest BCUT2D eigenvalue weighted by Crippen LogP contribution is -2.56. The molecule has 4 fully saturated rings. The fraction of sp³-hybridized carbons (Fsp3) is 0.821. The third-order valence-electron chi connectivity index (χ3n) is 8.77. The van der Waals surface area contributed by atoms with E-state index >= 15 is 0 Å². The van der Waals surface area contributed by atoms with Crippen molar-refractivity contribution in [2.45, 2.75) is 103 Å². The van der Waals surface area contributed by atoms with Crippen molar-refractivity contribution in [2.24, 2.45) is 29.1 Å². The second kappa shape index (κ2) is 11.4. The number of nitriles is 1. The summed E-state index contributed by atoms with van der Waals surface area (Å²) in [5.74, 6) is -0.542. The van der Waals surface area contributed by atoms with Crippen LogP contribution in [0.5, 0.6) is 0 Å². The first-order valence-corrected chi connectivity index (χ1v) is 14.1. The summed E-state index contributed by atoms with van der Waals surface area (Å²) in [5.41, 5.74) is -0.204. The molecule has 3 aliphatic heterocycles. The molecule has 3 saturated heterocycles. The van der Waals surface area contributed by atoms with E-state index in [0.717, 1.165) is 44.9 Å². The third kappa shape index (κ3) is 6.45. The Bertz CT molecular complexity index is 938. The first kappa shape index (κ1) is 27.4. The van der Waals surface area contributed by atoms with Crippen molar-refractivity contribution in [2.75, 3.05) is 13.1 Å². The fourth-order valence-corrected chi connectivity index (χ4v) is 7.03. The molecular weight excluding hydrogens is 470 g/mol. The van der Waals surface area contributed by atoms with Crippen molar-refractivity contribution < 1.29 is 19.2 Å². The zero-order valence-corrected chi connectivity index (χ0v) is 22.6. The Labute approximate surface area is 220 Å². The summed E-state index contributed by atoms with van der Waals surface area (Å²) in [5, 5.41) is 18.7. The fourth-order valence-electron chi connectivity index (χ4n) is 7.03. The highest BCUT2D eigenvalue weighted by Gasteiger charge is 2.51. The van der Waals surface area contributed by atoms with Crippen LogP contribution in [0.25, 0.3) is 0 Å². The van der Waals surface area contributed by atoms with Gasteiger partial charge in [-0.25, -0.2) is 0 Å². The number of hydrogen-bond acceptors (Lipinski definition) is 5. The summed E-state index contributed by atoms with van der Waals surface area (Å²) in [4.78, 5) is 54.8. The second-order valence-electron chi connectivity index (χ2n) is 12.8. The highest BCUT2D eigenvalue weighted by molar-refractivity contribution is 5.93. The maximum Gasteiger partial charge on any atom is 0.245 e. The molecule has 1 aliphatic carbocycles. The molecule has 0 bridgehead atoms. The maximum atomic E-state index is 13.9. The van der Waals surface area contributed by atoms with Gasteiger partial charge in [0.25, 0.3) is 0 Å². The summed E-state index contributed by atoms with van der Waals surface area (Å²) >= 11 is 0. The largest absolute Gasteiger partial charge is 0.356 e. The van der Waals surface area contributed by atoms with E-state index in [0.29, 0.717) is 32.4 Å². The maximum absolute atomic E-state index is 13.9. The highest BCUT2D eigenvalue weighted by atomic mass is 16.2. The molecule has 0 aromatic carbocycles. The van der Waals surface area contributed by atoms with Crippen LogP contribution in [-0.4, -0.2) is 59.7 Å². The predicted octanol–water partition coefficient (Wildman–Crippen LogP) is 2.26. The smallest absolute Gasteiger partial charge is 0.245 e. The lowest BCUT2D eigenvalue weighted by atomic mass is 9.78. The molecule has 7 atom stereocenters. The van der Waals surface area contributed by atoms with Crippen molar-refractivity contribution in [3.63, 3.8) is 0 Å². The van der Waals surface area contributed by atoms with Gasteiger partial charge in [-0.15, -0.1) is 0 Å². The van der Waals surface area contributed by atoms with Gasteiger partial charge in [0.2, 0.25) is 23.6 Å². The van der Waals surface area contributed by atoms with E-state index in [1.54, 1.807) is 4.90 Å². The van der Waals surface area contributed by atoms with Crippen LogP contribution in [0.15, 0.2) is 0 Å². The lowest BCUT2D eigenvalue weighted by Gasteiger charge is -2.35. The van der Waals surface area contributed by atoms with Gasteiger partial charge in [0.05, 0.1) is 6.07 Å². The molecule has 4 amide bonds. The van der Waals surface area contributed by atoms with Crippen LogP contribution < -0.4 is 16.0 Å². The summed E-state index contributed by atoms with van der Waals surface area (Å²) in [6.45, 7) is 7.11. The Balaban J connectivity index is 1.61. The molecule has 0 aromatic rings. The van der Waals surface area contributed by atoms with Crippen LogP contribution in [0.4, 0.5) is 0 Å². The Morgan fingerprint density at radius 1 is 1.03 bits per heavy atom. The summed E-state index contributed by atoms with van der Waals surface area (Å²) < 4.78 is 0. The van der Waals surface area contributed by atoms with Gasteiger partial charge in [0.15, 0.2) is 0 Å². The number of hydrogen-bond donors (Lipinski definition) is 3. The quantitative estimate of drug-likeness (QED) is 0.521. The Morgan fingerprint density at radius 3 is 2.49 bits per heavy atom. The normalized spacial score (nSPS) is 35.2. The number of rotatable bonds is 2. The van der Waals surface area contributed by atoms with Gasteiger partial charge in [-0.2, -0.15) is 5.26 Å². The van der Waals surface area contributed by atoms with E-state index in [1.807, 2.05) is 20.8 Å². The number of carbonyl (C=O) groups is 4. The lowest BCUT2D eigenvalue weighted by molar-refractivity contribution is -0.143. The van der Waals surface area contributed by atoms with E-state index in [4.69, 9.17) is 0 Å². The van der Waals surface area contributed by atoms with Crippen molar-refractivity contribution in [3.05, 3.63) is 0 Å². The summed E-state index contributed by atoms with van der Waals surface area (Å²) in [7, 11) is 0. The first-order valence-electron chi connectivity index (χ1n) is 14.1. The molecule has 0 aromatic heterocycles. The van der Waals surface area contributed by atoms with Gasteiger partial charge in [-0.05, 0) is 61.7 Å².